The van der Waals surface area contributed by atoms with E-state index in [0.29, 0.717) is 27.5 Å². The minimum Gasteiger partial charge on any atom is -0.477 e. The molecule has 29 heavy (non-hydrogen) atoms. The van der Waals surface area contributed by atoms with Crippen molar-refractivity contribution in [2.24, 2.45) is 12.2 Å². The van der Waals surface area contributed by atoms with Crippen LogP contribution in [0.5, 0.6) is 0 Å². The van der Waals surface area contributed by atoms with Gasteiger partial charge in [0.1, 0.15) is 11.3 Å². The zero-order valence-corrected chi connectivity index (χ0v) is 17.5. The normalized spacial score (nSPS) is 11.7. The summed E-state index contributed by atoms with van der Waals surface area (Å²) < 4.78 is 24.4. The van der Waals surface area contributed by atoms with Gasteiger partial charge in [-0.3, -0.25) is 4.79 Å². The Morgan fingerprint density at radius 1 is 1.21 bits per heavy atom. The zero-order chi connectivity index (χ0) is 21.5. The molecule has 3 aromatic rings. The lowest BCUT2D eigenvalue weighted by atomic mass is 10.0. The molecule has 3 N–H and O–H groups in total. The summed E-state index contributed by atoms with van der Waals surface area (Å²) >= 11 is 12.3. The molecule has 0 saturated carbocycles. The Kier molecular flexibility index (Phi) is 5.73. The maximum atomic E-state index is 12.9. The Hall–Kier alpha value is -2.39. The molecular formula is C19H16Cl2N2O5S. The number of sulfonamides is 1. The molecule has 1 heterocycles. The van der Waals surface area contributed by atoms with Crippen LogP contribution in [0.4, 0.5) is 0 Å². The van der Waals surface area contributed by atoms with E-state index in [1.165, 1.54) is 11.6 Å². The molecule has 0 aliphatic rings. The first-order valence-corrected chi connectivity index (χ1v) is 10.8. The van der Waals surface area contributed by atoms with Gasteiger partial charge in [0, 0.05) is 12.4 Å². The second-order valence-electron chi connectivity index (χ2n) is 6.56. The fraction of sp³-hybridized carbons (Fsp3) is 0.158. The minimum absolute atomic E-state index is 0.152. The lowest BCUT2D eigenvalue weighted by Crippen LogP contribution is -2.27. The molecule has 0 unspecified atom stereocenters. The van der Waals surface area contributed by atoms with Gasteiger partial charge in [0.15, 0.2) is 0 Å². The number of aromatic nitrogens is 1. The maximum absolute atomic E-state index is 12.9. The third kappa shape index (κ3) is 4.30. The van der Waals surface area contributed by atoms with Crippen LogP contribution < -0.4 is 10.6 Å². The third-order valence-electron chi connectivity index (χ3n) is 4.57. The molecule has 0 radical (unpaired) electrons. The van der Waals surface area contributed by atoms with Gasteiger partial charge in [-0.05, 0) is 35.7 Å². The van der Waals surface area contributed by atoms with Crippen molar-refractivity contribution in [3.05, 3.63) is 79.1 Å². The predicted octanol–water partition coefficient (Wildman–Crippen LogP) is 2.92. The lowest BCUT2D eigenvalue weighted by Gasteiger charge is -2.15. The largest absolute Gasteiger partial charge is 0.477 e. The lowest BCUT2D eigenvalue weighted by molar-refractivity contribution is 0.0694. The van der Waals surface area contributed by atoms with Crippen LogP contribution in [-0.4, -0.2) is 24.1 Å². The van der Waals surface area contributed by atoms with E-state index >= 15 is 0 Å². The van der Waals surface area contributed by atoms with Crippen molar-refractivity contribution in [2.45, 2.75) is 12.2 Å². The summed E-state index contributed by atoms with van der Waals surface area (Å²) in [7, 11) is -2.56. The fourth-order valence-electron chi connectivity index (χ4n) is 3.23. The number of carbonyl (C=O) groups is 1. The number of pyridine rings is 1. The van der Waals surface area contributed by atoms with Crippen molar-refractivity contribution in [3.8, 4) is 0 Å². The average Bonchev–Trinajstić information content (AvgIpc) is 2.62. The van der Waals surface area contributed by atoms with E-state index in [1.807, 2.05) is 0 Å². The number of aromatic carboxylic acids is 1. The minimum atomic E-state index is -4.05. The number of primary sulfonamides is 1. The Balaban J connectivity index is 2.22. The van der Waals surface area contributed by atoms with Gasteiger partial charge in [0.25, 0.3) is 0 Å². The fourth-order valence-corrected chi connectivity index (χ4v) is 4.34. The molecule has 0 amide bonds. The van der Waals surface area contributed by atoms with Crippen LogP contribution in [0, 0.1) is 0 Å². The second kappa shape index (κ2) is 7.79. The molecular weight excluding hydrogens is 439 g/mol. The first-order chi connectivity index (χ1) is 13.5. The predicted molar refractivity (Wildman–Crippen MR) is 112 cm³/mol. The van der Waals surface area contributed by atoms with Gasteiger partial charge >= 0.3 is 5.97 Å². The van der Waals surface area contributed by atoms with E-state index in [9.17, 15) is 23.1 Å². The van der Waals surface area contributed by atoms with Crippen molar-refractivity contribution < 1.29 is 18.3 Å². The van der Waals surface area contributed by atoms with Crippen LogP contribution in [-0.2, 0) is 29.2 Å². The van der Waals surface area contributed by atoms with Crippen molar-refractivity contribution >= 4 is 50.1 Å². The van der Waals surface area contributed by atoms with Gasteiger partial charge in [-0.25, -0.2) is 18.4 Å². The number of carboxylic acid groups (broad SMARTS) is 1. The topological polar surface area (TPSA) is 119 Å². The number of rotatable bonds is 5. The molecule has 0 saturated heterocycles. The first kappa shape index (κ1) is 21.3. The van der Waals surface area contributed by atoms with Gasteiger partial charge in [-0.15, -0.1) is 0 Å². The molecule has 3 rings (SSSR count). The third-order valence-corrected chi connectivity index (χ3v) is 6.10. The summed E-state index contributed by atoms with van der Waals surface area (Å²) in [5.74, 6) is -2.29. The standard InChI is InChI=1S/C19H16Cl2N2O5S/c1-23-14-6-5-10(7-11-3-2-4-13(20)17(11)21)8-12(14)18(24)16(19(25)26)15(23)9-29(22,27)28/h2-6,8H,7,9H2,1H3,(H,25,26)(H2,22,27,28). The summed E-state index contributed by atoms with van der Waals surface area (Å²) in [4.78, 5) is 24.6. The molecule has 2 aromatic carbocycles. The van der Waals surface area contributed by atoms with Crippen LogP contribution >= 0.6 is 23.2 Å². The Labute approximate surface area is 176 Å². The number of hydrogen-bond acceptors (Lipinski definition) is 4. The van der Waals surface area contributed by atoms with Crippen LogP contribution in [0.3, 0.4) is 0 Å². The molecule has 0 fully saturated rings. The van der Waals surface area contributed by atoms with E-state index in [1.54, 1.807) is 36.4 Å². The molecule has 1 aromatic heterocycles. The number of hydrogen-bond donors (Lipinski definition) is 2. The van der Waals surface area contributed by atoms with Gasteiger partial charge in [0.2, 0.25) is 15.5 Å². The highest BCUT2D eigenvalue weighted by Gasteiger charge is 2.23. The molecule has 0 aliphatic carbocycles. The van der Waals surface area contributed by atoms with Gasteiger partial charge in [0.05, 0.1) is 21.3 Å². The second-order valence-corrected chi connectivity index (χ2v) is 8.96. The Morgan fingerprint density at radius 2 is 1.90 bits per heavy atom. The van der Waals surface area contributed by atoms with E-state index in [0.717, 1.165) is 5.56 Å². The van der Waals surface area contributed by atoms with E-state index in [2.05, 4.69) is 0 Å². The summed E-state index contributed by atoms with van der Waals surface area (Å²) in [5, 5.41) is 15.5. The van der Waals surface area contributed by atoms with E-state index in [-0.39, 0.29) is 11.1 Å². The van der Waals surface area contributed by atoms with Gasteiger partial charge in [-0.1, -0.05) is 41.4 Å². The van der Waals surface area contributed by atoms with Gasteiger partial charge in [-0.2, -0.15) is 0 Å². The van der Waals surface area contributed by atoms with Crippen LogP contribution in [0.15, 0.2) is 41.2 Å². The SMILES string of the molecule is Cn1c(CS(N)(=O)=O)c(C(=O)O)c(=O)c2cc(Cc3cccc(Cl)c3Cl)ccc21. The molecule has 7 nitrogen and oxygen atoms in total. The molecule has 152 valence electrons. The highest BCUT2D eigenvalue weighted by molar-refractivity contribution is 7.88. The number of nitrogens with two attached hydrogens (primary N) is 1. The zero-order valence-electron chi connectivity index (χ0n) is 15.1. The first-order valence-electron chi connectivity index (χ1n) is 8.30. The maximum Gasteiger partial charge on any atom is 0.341 e. The number of carboxylic acids is 1. The Bertz CT molecular complexity index is 1320. The summed E-state index contributed by atoms with van der Waals surface area (Å²) in [6.45, 7) is 0. The summed E-state index contributed by atoms with van der Waals surface area (Å²) in [6, 6.07) is 10.2. The van der Waals surface area contributed by atoms with Crippen molar-refractivity contribution in [1.29, 1.82) is 0 Å². The summed E-state index contributed by atoms with van der Waals surface area (Å²) in [5.41, 5.74) is 0.284. The highest BCUT2D eigenvalue weighted by Crippen LogP contribution is 2.28. The van der Waals surface area contributed by atoms with Crippen molar-refractivity contribution in [2.75, 3.05) is 0 Å². The monoisotopic (exact) mass is 454 g/mol. The average molecular weight is 455 g/mol. The van der Waals surface area contributed by atoms with Crippen LogP contribution in [0.2, 0.25) is 10.0 Å². The van der Waals surface area contributed by atoms with Crippen molar-refractivity contribution in [1.82, 2.24) is 4.57 Å². The number of benzene rings is 2. The van der Waals surface area contributed by atoms with Crippen LogP contribution in [0.25, 0.3) is 10.9 Å². The molecule has 10 heteroatoms. The quantitative estimate of drug-likeness (QED) is 0.613. The van der Waals surface area contributed by atoms with E-state index < -0.39 is 32.7 Å². The number of aryl methyl sites for hydroxylation is 1. The highest BCUT2D eigenvalue weighted by atomic mass is 35.5. The molecule has 0 bridgehead atoms. The van der Waals surface area contributed by atoms with Crippen LogP contribution in [0.1, 0.15) is 27.2 Å². The number of fused-ring (bicyclic) bond motifs is 1. The number of halogens is 2. The number of nitrogens with zero attached hydrogens (tertiary/aromatic N) is 1. The summed E-state index contributed by atoms with van der Waals surface area (Å²) in [6.07, 6.45) is 0.375. The Morgan fingerprint density at radius 3 is 2.52 bits per heavy atom. The van der Waals surface area contributed by atoms with E-state index in [4.69, 9.17) is 28.3 Å². The molecule has 0 atom stereocenters. The molecule has 0 aliphatic heterocycles. The van der Waals surface area contributed by atoms with Crippen molar-refractivity contribution in [3.63, 3.8) is 0 Å². The molecule has 0 spiro atoms. The van der Waals surface area contributed by atoms with Gasteiger partial charge < -0.3 is 9.67 Å². The smallest absolute Gasteiger partial charge is 0.341 e.